The summed E-state index contributed by atoms with van der Waals surface area (Å²) < 4.78 is 30.1. The van der Waals surface area contributed by atoms with Gasteiger partial charge in [0, 0.05) is 60.8 Å². The number of benzene rings is 2. The van der Waals surface area contributed by atoms with E-state index in [0.29, 0.717) is 45.2 Å². The summed E-state index contributed by atoms with van der Waals surface area (Å²) in [4.78, 5) is 78.2. The molecule has 4 amide bonds. The van der Waals surface area contributed by atoms with Crippen molar-refractivity contribution in [2.24, 2.45) is 0 Å². The fraction of sp³-hybridized carbons (Fsp3) is 0.511. The fourth-order valence-electron chi connectivity index (χ4n) is 10.3. The van der Waals surface area contributed by atoms with Crippen molar-refractivity contribution in [2.75, 3.05) is 50.1 Å². The van der Waals surface area contributed by atoms with E-state index in [0.717, 1.165) is 75.6 Å². The van der Waals surface area contributed by atoms with E-state index < -0.39 is 18.0 Å². The van der Waals surface area contributed by atoms with Gasteiger partial charge in [-0.15, -0.1) is 0 Å². The molecule has 1 aliphatic carbocycles. The Hall–Kier alpha value is -5.65. The van der Waals surface area contributed by atoms with Crippen molar-refractivity contribution >= 4 is 63.6 Å². The molecule has 344 valence electrons. The van der Waals surface area contributed by atoms with Crippen molar-refractivity contribution < 1.29 is 33.0 Å². The van der Waals surface area contributed by atoms with Gasteiger partial charge in [-0.2, -0.15) is 4.98 Å². The van der Waals surface area contributed by atoms with Gasteiger partial charge in [0.05, 0.1) is 30.0 Å². The van der Waals surface area contributed by atoms with Crippen LogP contribution in [0.5, 0.6) is 5.75 Å². The number of likely N-dealkylation sites (N-methyl/N-ethyl adjacent to an activating group) is 1. The molecule has 9 rings (SSSR count). The molecule has 16 nitrogen and oxygen atoms in total. The van der Waals surface area contributed by atoms with Crippen molar-refractivity contribution in [1.29, 1.82) is 0 Å². The fourth-order valence-corrected chi connectivity index (χ4v) is 10.4. The maximum absolute atomic E-state index is 16.3. The molecule has 4 fully saturated rings. The second-order valence-corrected chi connectivity index (χ2v) is 18.6. The van der Waals surface area contributed by atoms with Crippen LogP contribution in [-0.4, -0.2) is 112 Å². The first-order valence-corrected chi connectivity index (χ1v) is 23.1. The van der Waals surface area contributed by atoms with Crippen LogP contribution in [0.2, 0.25) is 5.02 Å². The number of likely N-dealkylation sites (tertiary alicyclic amines) is 1. The molecular weight excluding hydrogens is 857 g/mol. The molecular formula is C47H55ClFN9O7. The Bertz CT molecular complexity index is 2590. The van der Waals surface area contributed by atoms with Gasteiger partial charge >= 0.3 is 0 Å². The number of halogens is 2. The maximum atomic E-state index is 16.3. The third-order valence-corrected chi connectivity index (χ3v) is 14.1. The first-order chi connectivity index (χ1) is 31.3. The van der Waals surface area contributed by atoms with Crippen LogP contribution in [0.1, 0.15) is 112 Å². The first kappa shape index (κ1) is 44.5. The molecule has 6 heterocycles. The van der Waals surface area contributed by atoms with Crippen LogP contribution in [0.3, 0.4) is 0 Å². The predicted molar refractivity (Wildman–Crippen MR) is 242 cm³/mol. The smallest absolute Gasteiger partial charge is 0.293 e. The average Bonchev–Trinajstić information content (AvgIpc) is 3.53. The molecule has 0 radical (unpaired) electrons. The molecule has 65 heavy (non-hydrogen) atoms. The average molecular weight is 912 g/mol. The minimum Gasteiger partial charge on any atom is -0.478 e. The highest BCUT2D eigenvalue weighted by Gasteiger charge is 2.45. The van der Waals surface area contributed by atoms with E-state index in [4.69, 9.17) is 26.1 Å². The molecule has 0 bridgehead atoms. The Labute approximate surface area is 381 Å². The lowest BCUT2D eigenvalue weighted by Gasteiger charge is -2.47. The Morgan fingerprint density at radius 2 is 1.74 bits per heavy atom. The highest BCUT2D eigenvalue weighted by atomic mass is 35.5. The number of imide groups is 1. The van der Waals surface area contributed by atoms with Gasteiger partial charge in [0.2, 0.25) is 17.8 Å². The van der Waals surface area contributed by atoms with Crippen LogP contribution >= 0.6 is 11.6 Å². The van der Waals surface area contributed by atoms with Gasteiger partial charge in [-0.1, -0.05) is 17.7 Å². The lowest BCUT2D eigenvalue weighted by Crippen LogP contribution is -2.53. The summed E-state index contributed by atoms with van der Waals surface area (Å²) >= 11 is 6.60. The third kappa shape index (κ3) is 8.77. The standard InChI is InChI=1S/C47H55ClFN9O7/c1-25(2)57-36-8-5-29(19-28(36)20-38(46(57)63)64-24-40(60)50-4)52-43-35(48)23-51-47(54-43)56-17-13-31(14-18-56)65-32-21-30(22-32)55-15-11-27(12-16-55)33-6-7-34-41(42(33)49)26(3)58(45(34)62)37-9-10-39(59)53-44(37)61/h5-8,19-20,23,25-27,30-32,37H,9-18,21-22,24H2,1-4H3,(H,50,60)(H,51,52,54)(H,53,59,61)/t26-,30-,32-,37?/m0/s1. The van der Waals surface area contributed by atoms with Gasteiger partial charge in [0.15, 0.2) is 18.2 Å². The zero-order chi connectivity index (χ0) is 45.7. The molecule has 0 spiro atoms. The van der Waals surface area contributed by atoms with Crippen molar-refractivity contribution in [3.63, 3.8) is 0 Å². The number of amides is 4. The highest BCUT2D eigenvalue weighted by molar-refractivity contribution is 6.33. The maximum Gasteiger partial charge on any atom is 0.293 e. The van der Waals surface area contributed by atoms with E-state index in [1.54, 1.807) is 35.9 Å². The van der Waals surface area contributed by atoms with Crippen molar-refractivity contribution in [1.82, 2.24) is 35.0 Å². The number of carbonyl (C=O) groups is 4. The van der Waals surface area contributed by atoms with Gasteiger partial charge in [0.1, 0.15) is 16.9 Å². The Kier molecular flexibility index (Phi) is 12.6. The summed E-state index contributed by atoms with van der Waals surface area (Å²) in [6, 6.07) is 9.63. The van der Waals surface area contributed by atoms with Crippen LogP contribution < -0.4 is 31.1 Å². The number of anilines is 3. The number of piperidine rings is 3. The molecule has 3 N–H and O–H groups in total. The number of fused-ring (bicyclic) bond motifs is 2. The quantitative estimate of drug-likeness (QED) is 0.147. The molecule has 2 aromatic heterocycles. The van der Waals surface area contributed by atoms with Crippen molar-refractivity contribution in [3.8, 4) is 5.75 Å². The number of ether oxygens (including phenoxy) is 2. The van der Waals surface area contributed by atoms with Crippen molar-refractivity contribution in [3.05, 3.63) is 80.5 Å². The molecule has 1 unspecified atom stereocenters. The summed E-state index contributed by atoms with van der Waals surface area (Å²) in [5.74, 6) is -0.755. The molecule has 5 aliphatic rings. The van der Waals surface area contributed by atoms with Crippen LogP contribution in [0.25, 0.3) is 10.9 Å². The number of pyridine rings is 1. The molecule has 2 aromatic carbocycles. The lowest BCUT2D eigenvalue weighted by molar-refractivity contribution is -0.137. The molecule has 4 aromatic rings. The topological polar surface area (TPSA) is 180 Å². The summed E-state index contributed by atoms with van der Waals surface area (Å²) in [7, 11) is 1.51. The van der Waals surface area contributed by atoms with Crippen molar-refractivity contribution in [2.45, 2.75) is 114 Å². The number of hydrogen-bond donors (Lipinski definition) is 3. The van der Waals surface area contributed by atoms with E-state index in [-0.39, 0.29) is 78.5 Å². The number of aromatic nitrogens is 3. The van der Waals surface area contributed by atoms with E-state index in [9.17, 15) is 24.0 Å². The molecule has 2 atom stereocenters. The summed E-state index contributed by atoms with van der Waals surface area (Å²) in [5, 5.41) is 9.25. The summed E-state index contributed by atoms with van der Waals surface area (Å²) in [5.41, 5.74) is 2.41. The van der Waals surface area contributed by atoms with Gasteiger partial charge in [-0.05, 0) is 121 Å². The Morgan fingerprint density at radius 1 is 0.985 bits per heavy atom. The SMILES string of the molecule is CNC(=O)COc1cc2cc(Nc3nc(N4CCC(O[C@H]5C[C@H](N6CCC(c7ccc8c(c7F)[C@H](C)N(C7CCC(=O)NC7=O)C8=O)CC6)C5)CC4)ncc3Cl)ccc2n(C(C)C)c1=O. The van der Waals surface area contributed by atoms with Crippen LogP contribution in [0.15, 0.2) is 47.4 Å². The van der Waals surface area contributed by atoms with Gasteiger partial charge < -0.3 is 39.4 Å². The van der Waals surface area contributed by atoms with E-state index in [1.165, 1.54) is 11.9 Å². The van der Waals surface area contributed by atoms with Crippen LogP contribution in [0.4, 0.5) is 21.8 Å². The largest absolute Gasteiger partial charge is 0.478 e. The third-order valence-electron chi connectivity index (χ3n) is 13.9. The molecule has 4 aliphatic heterocycles. The zero-order valence-electron chi connectivity index (χ0n) is 37.1. The number of rotatable bonds is 12. The normalized spacial score (nSPS) is 23.2. The Morgan fingerprint density at radius 3 is 2.45 bits per heavy atom. The second kappa shape index (κ2) is 18.3. The van der Waals surface area contributed by atoms with Gasteiger partial charge in [0.25, 0.3) is 17.4 Å². The highest BCUT2D eigenvalue weighted by Crippen LogP contribution is 2.43. The minimum absolute atomic E-state index is 0.0413. The first-order valence-electron chi connectivity index (χ1n) is 22.7. The molecule has 1 saturated carbocycles. The summed E-state index contributed by atoms with van der Waals surface area (Å²) in [6.07, 6.45) is 7.59. The summed E-state index contributed by atoms with van der Waals surface area (Å²) in [6.45, 7) is 8.52. The number of hydrogen-bond acceptors (Lipinski definition) is 12. The molecule has 3 saturated heterocycles. The zero-order valence-corrected chi connectivity index (χ0v) is 37.8. The second-order valence-electron chi connectivity index (χ2n) is 18.2. The van der Waals surface area contributed by atoms with Crippen LogP contribution in [-0.2, 0) is 19.1 Å². The molecule has 18 heteroatoms. The number of nitrogens with one attached hydrogen (secondary N) is 3. The van der Waals surface area contributed by atoms with E-state index in [1.807, 2.05) is 32.0 Å². The van der Waals surface area contributed by atoms with Gasteiger partial charge in [-0.3, -0.25) is 29.3 Å². The van der Waals surface area contributed by atoms with Gasteiger partial charge in [-0.25, -0.2) is 9.37 Å². The minimum atomic E-state index is -0.792. The van der Waals surface area contributed by atoms with E-state index in [2.05, 4.69) is 30.7 Å². The van der Waals surface area contributed by atoms with E-state index >= 15 is 4.39 Å². The number of nitrogens with zero attached hydrogens (tertiary/aromatic N) is 6. The monoisotopic (exact) mass is 911 g/mol. The van der Waals surface area contributed by atoms with Crippen LogP contribution in [0, 0.1) is 5.82 Å². The Balaban J connectivity index is 0.752. The number of carbonyl (C=O) groups excluding carboxylic acids is 4. The lowest BCUT2D eigenvalue weighted by atomic mass is 9.82. The predicted octanol–water partition coefficient (Wildman–Crippen LogP) is 5.75.